The molecule has 0 heterocycles. The summed E-state index contributed by atoms with van der Waals surface area (Å²) in [4.78, 5) is 10.4. The van der Waals surface area contributed by atoms with Gasteiger partial charge in [-0.15, -0.1) is 4.91 Å². The van der Waals surface area contributed by atoms with Crippen LogP contribution in [-0.2, 0) is 0 Å². The van der Waals surface area contributed by atoms with Crippen molar-refractivity contribution in [3.8, 4) is 0 Å². The summed E-state index contributed by atoms with van der Waals surface area (Å²) in [6.07, 6.45) is 2.92. The molecule has 0 radical (unpaired) electrons. The first-order chi connectivity index (χ1) is 5.65. The summed E-state index contributed by atoms with van der Waals surface area (Å²) in [5.74, 6) is 0.474. The summed E-state index contributed by atoms with van der Waals surface area (Å²) in [5, 5.41) is 3.05. The van der Waals surface area contributed by atoms with Gasteiger partial charge in [-0.05, 0) is 49.8 Å². The molecule has 0 bridgehead atoms. The van der Waals surface area contributed by atoms with Crippen molar-refractivity contribution < 1.29 is 0 Å². The second-order valence-electron chi connectivity index (χ2n) is 3.60. The molecule has 0 fully saturated rings. The summed E-state index contributed by atoms with van der Waals surface area (Å²) < 4.78 is 0. The number of rotatable bonds is 2. The van der Waals surface area contributed by atoms with Gasteiger partial charge in [-0.1, -0.05) is 12.2 Å². The highest BCUT2D eigenvalue weighted by molar-refractivity contribution is 5.18. The smallest absolute Gasteiger partial charge is 0.0844 e. The van der Waals surface area contributed by atoms with Gasteiger partial charge in [0.1, 0.15) is 0 Å². The van der Waals surface area contributed by atoms with Gasteiger partial charge < -0.3 is 0 Å². The zero-order chi connectivity index (χ0) is 9.14. The van der Waals surface area contributed by atoms with Crippen molar-refractivity contribution in [2.45, 2.75) is 33.1 Å². The van der Waals surface area contributed by atoms with Gasteiger partial charge >= 0.3 is 0 Å². The lowest BCUT2D eigenvalue weighted by molar-refractivity contribution is 0.518. The average Bonchev–Trinajstić information content (AvgIpc) is 2.05. The van der Waals surface area contributed by atoms with E-state index in [0.717, 1.165) is 30.5 Å². The Hall–Kier alpha value is -0.920. The zero-order valence-corrected chi connectivity index (χ0v) is 7.76. The molecule has 1 rings (SSSR count). The standard InChI is InChI=1S/C10H15NO/c1-7(2)9-5-4-8(3)10(6-9)11-12/h9H,1,4-6H2,2-3H3. The van der Waals surface area contributed by atoms with Crippen LogP contribution in [0.5, 0.6) is 0 Å². The summed E-state index contributed by atoms with van der Waals surface area (Å²) in [6.45, 7) is 7.92. The zero-order valence-electron chi connectivity index (χ0n) is 7.76. The van der Waals surface area contributed by atoms with Gasteiger partial charge in [0.2, 0.25) is 0 Å². The lowest BCUT2D eigenvalue weighted by Crippen LogP contribution is -2.09. The van der Waals surface area contributed by atoms with E-state index in [4.69, 9.17) is 0 Å². The molecule has 66 valence electrons. The highest BCUT2D eigenvalue weighted by Crippen LogP contribution is 2.33. The Kier molecular flexibility index (Phi) is 2.79. The molecule has 0 saturated heterocycles. The van der Waals surface area contributed by atoms with Crippen molar-refractivity contribution in [1.29, 1.82) is 0 Å². The number of hydrogen-bond donors (Lipinski definition) is 0. The van der Waals surface area contributed by atoms with Crippen LogP contribution in [0.3, 0.4) is 0 Å². The molecule has 1 unspecified atom stereocenters. The van der Waals surface area contributed by atoms with E-state index in [-0.39, 0.29) is 0 Å². The molecule has 0 spiro atoms. The summed E-state index contributed by atoms with van der Waals surface area (Å²) in [6, 6.07) is 0. The number of allylic oxidation sites excluding steroid dienone is 3. The van der Waals surface area contributed by atoms with Gasteiger partial charge in [-0.2, -0.15) is 0 Å². The van der Waals surface area contributed by atoms with E-state index in [1.807, 2.05) is 13.8 Å². The van der Waals surface area contributed by atoms with Crippen molar-refractivity contribution >= 4 is 0 Å². The normalized spacial score (nSPS) is 24.0. The molecule has 1 atom stereocenters. The van der Waals surface area contributed by atoms with Gasteiger partial charge in [0.25, 0.3) is 0 Å². The van der Waals surface area contributed by atoms with Crippen LogP contribution in [0, 0.1) is 10.8 Å². The Labute approximate surface area is 73.3 Å². The lowest BCUT2D eigenvalue weighted by Gasteiger charge is -2.22. The first-order valence-electron chi connectivity index (χ1n) is 4.32. The highest BCUT2D eigenvalue weighted by Gasteiger charge is 2.19. The van der Waals surface area contributed by atoms with Crippen LogP contribution in [0.2, 0.25) is 0 Å². The van der Waals surface area contributed by atoms with Gasteiger partial charge in [0.05, 0.1) is 5.70 Å². The molecule has 0 aromatic rings. The topological polar surface area (TPSA) is 29.4 Å². The van der Waals surface area contributed by atoms with Crippen molar-refractivity contribution in [2.24, 2.45) is 11.1 Å². The first-order valence-corrected chi connectivity index (χ1v) is 4.32. The third kappa shape index (κ3) is 1.81. The molecule has 2 nitrogen and oxygen atoms in total. The largest absolute Gasteiger partial charge is 0.145 e. The summed E-state index contributed by atoms with van der Waals surface area (Å²) in [7, 11) is 0. The minimum atomic E-state index is 0.474. The molecular weight excluding hydrogens is 150 g/mol. The van der Waals surface area contributed by atoms with E-state index in [2.05, 4.69) is 11.8 Å². The second kappa shape index (κ2) is 3.65. The Morgan fingerprint density at radius 2 is 2.33 bits per heavy atom. The quantitative estimate of drug-likeness (QED) is 0.455. The van der Waals surface area contributed by atoms with Crippen LogP contribution in [0.1, 0.15) is 33.1 Å². The van der Waals surface area contributed by atoms with Crippen molar-refractivity contribution in [1.82, 2.24) is 0 Å². The molecule has 0 saturated carbocycles. The number of hydrogen-bond acceptors (Lipinski definition) is 2. The van der Waals surface area contributed by atoms with Gasteiger partial charge in [0.15, 0.2) is 0 Å². The van der Waals surface area contributed by atoms with Crippen LogP contribution in [0.15, 0.2) is 28.6 Å². The van der Waals surface area contributed by atoms with Crippen molar-refractivity contribution in [3.05, 3.63) is 28.3 Å². The maximum absolute atomic E-state index is 10.4. The van der Waals surface area contributed by atoms with Crippen LogP contribution >= 0.6 is 0 Å². The van der Waals surface area contributed by atoms with Crippen molar-refractivity contribution in [3.63, 3.8) is 0 Å². The van der Waals surface area contributed by atoms with E-state index < -0.39 is 0 Å². The molecule has 0 aromatic carbocycles. The fraction of sp³-hybridized carbons (Fsp3) is 0.600. The molecule has 0 aromatic heterocycles. The molecular formula is C10H15NO. The van der Waals surface area contributed by atoms with Crippen molar-refractivity contribution in [2.75, 3.05) is 0 Å². The maximum Gasteiger partial charge on any atom is 0.0844 e. The first kappa shape index (κ1) is 9.17. The van der Waals surface area contributed by atoms with Crippen LogP contribution in [-0.4, -0.2) is 0 Å². The van der Waals surface area contributed by atoms with Crippen LogP contribution in [0.4, 0.5) is 0 Å². The van der Waals surface area contributed by atoms with Crippen LogP contribution < -0.4 is 0 Å². The Morgan fingerprint density at radius 3 is 2.83 bits per heavy atom. The predicted octanol–water partition coefficient (Wildman–Crippen LogP) is 3.40. The summed E-state index contributed by atoms with van der Waals surface area (Å²) >= 11 is 0. The van der Waals surface area contributed by atoms with E-state index >= 15 is 0 Å². The number of nitrogens with zero attached hydrogens (tertiary/aromatic N) is 1. The molecule has 2 heteroatoms. The Bertz CT molecular complexity index is 240. The monoisotopic (exact) mass is 165 g/mol. The third-order valence-corrected chi connectivity index (χ3v) is 2.61. The SMILES string of the molecule is C=C(C)C1CCC(C)=C(N=O)C1. The van der Waals surface area contributed by atoms with E-state index in [9.17, 15) is 4.91 Å². The minimum absolute atomic E-state index is 0.474. The Balaban J connectivity index is 2.74. The molecule has 1 aliphatic carbocycles. The molecule has 0 aliphatic heterocycles. The van der Waals surface area contributed by atoms with E-state index in [1.165, 1.54) is 5.57 Å². The van der Waals surface area contributed by atoms with Gasteiger partial charge in [0, 0.05) is 0 Å². The second-order valence-corrected chi connectivity index (χ2v) is 3.60. The third-order valence-electron chi connectivity index (χ3n) is 2.61. The minimum Gasteiger partial charge on any atom is -0.145 e. The lowest BCUT2D eigenvalue weighted by atomic mass is 9.84. The molecule has 0 N–H and O–H groups in total. The summed E-state index contributed by atoms with van der Waals surface area (Å²) in [5.41, 5.74) is 3.07. The van der Waals surface area contributed by atoms with Crippen LogP contribution in [0.25, 0.3) is 0 Å². The number of nitroso groups, excluding NO2 is 1. The van der Waals surface area contributed by atoms with Gasteiger partial charge in [-0.25, -0.2) is 0 Å². The van der Waals surface area contributed by atoms with E-state index in [1.54, 1.807) is 0 Å². The fourth-order valence-electron chi connectivity index (χ4n) is 1.58. The molecule has 0 amide bonds. The fourth-order valence-corrected chi connectivity index (χ4v) is 1.58. The highest BCUT2D eigenvalue weighted by atomic mass is 16.3. The Morgan fingerprint density at radius 1 is 1.67 bits per heavy atom. The van der Waals surface area contributed by atoms with E-state index in [0.29, 0.717) is 5.92 Å². The predicted molar refractivity (Wildman–Crippen MR) is 50.7 cm³/mol. The molecule has 12 heavy (non-hydrogen) atoms. The molecule has 1 aliphatic rings. The average molecular weight is 165 g/mol. The maximum atomic E-state index is 10.4. The van der Waals surface area contributed by atoms with Gasteiger partial charge in [-0.3, -0.25) is 0 Å².